The first-order chi connectivity index (χ1) is 7.44. The van der Waals surface area contributed by atoms with Crippen LogP contribution in [0.25, 0.3) is 0 Å². The minimum Gasteiger partial charge on any atom is -0.396 e. The maximum atomic E-state index is 9.12. The van der Waals surface area contributed by atoms with Crippen molar-refractivity contribution in [1.82, 2.24) is 5.32 Å². The molecular formula is C12H17BrClNO. The predicted octanol–water partition coefficient (Wildman–Crippen LogP) is 3.21. The Morgan fingerprint density at radius 3 is 2.69 bits per heavy atom. The van der Waals surface area contributed by atoms with Gasteiger partial charge in [0.05, 0.1) is 0 Å². The van der Waals surface area contributed by atoms with Crippen LogP contribution in [-0.2, 0) is 6.54 Å². The van der Waals surface area contributed by atoms with Crippen LogP contribution in [0.5, 0.6) is 0 Å². The van der Waals surface area contributed by atoms with Crippen molar-refractivity contribution in [3.63, 3.8) is 0 Å². The maximum absolute atomic E-state index is 9.12. The van der Waals surface area contributed by atoms with Gasteiger partial charge in [-0.1, -0.05) is 47.4 Å². The Morgan fingerprint density at radius 2 is 2.12 bits per heavy atom. The van der Waals surface area contributed by atoms with E-state index < -0.39 is 0 Å². The second-order valence-corrected chi connectivity index (χ2v) is 5.95. The van der Waals surface area contributed by atoms with Gasteiger partial charge >= 0.3 is 0 Å². The summed E-state index contributed by atoms with van der Waals surface area (Å²) in [5.74, 6) is 0. The molecule has 16 heavy (non-hydrogen) atoms. The van der Waals surface area contributed by atoms with Crippen LogP contribution < -0.4 is 5.32 Å². The minimum atomic E-state index is -0.0844. The standard InChI is InChI=1S/C12H17BrClNO/c1-12(2,8-16)7-15-6-9-3-4-10(14)5-11(9)13/h3-5,15-16H,6-8H2,1-2H3. The van der Waals surface area contributed by atoms with Crippen LogP contribution in [0.4, 0.5) is 0 Å². The molecule has 90 valence electrons. The van der Waals surface area contributed by atoms with E-state index in [-0.39, 0.29) is 12.0 Å². The Labute approximate surface area is 110 Å². The van der Waals surface area contributed by atoms with Gasteiger partial charge in [0.2, 0.25) is 0 Å². The summed E-state index contributed by atoms with van der Waals surface area (Å²) in [7, 11) is 0. The zero-order valence-corrected chi connectivity index (χ0v) is 11.9. The fraction of sp³-hybridized carbons (Fsp3) is 0.500. The molecule has 1 aromatic carbocycles. The fourth-order valence-electron chi connectivity index (χ4n) is 1.26. The lowest BCUT2D eigenvalue weighted by Crippen LogP contribution is -2.31. The average Bonchev–Trinajstić information content (AvgIpc) is 2.21. The van der Waals surface area contributed by atoms with Gasteiger partial charge in [0.25, 0.3) is 0 Å². The lowest BCUT2D eigenvalue weighted by molar-refractivity contribution is 0.156. The van der Waals surface area contributed by atoms with Gasteiger partial charge < -0.3 is 10.4 Å². The van der Waals surface area contributed by atoms with E-state index in [4.69, 9.17) is 16.7 Å². The monoisotopic (exact) mass is 305 g/mol. The molecule has 0 amide bonds. The third kappa shape index (κ3) is 4.42. The van der Waals surface area contributed by atoms with Gasteiger partial charge in [0.1, 0.15) is 0 Å². The molecule has 0 heterocycles. The number of aliphatic hydroxyl groups is 1. The summed E-state index contributed by atoms with van der Waals surface area (Å²) in [4.78, 5) is 0. The van der Waals surface area contributed by atoms with Crippen molar-refractivity contribution in [2.24, 2.45) is 5.41 Å². The predicted molar refractivity (Wildman–Crippen MR) is 71.7 cm³/mol. The molecule has 1 aromatic rings. The van der Waals surface area contributed by atoms with Gasteiger partial charge in [-0.05, 0) is 17.7 Å². The van der Waals surface area contributed by atoms with E-state index in [9.17, 15) is 0 Å². The highest BCUT2D eigenvalue weighted by Gasteiger charge is 2.15. The highest BCUT2D eigenvalue weighted by atomic mass is 79.9. The molecule has 0 spiro atoms. The Kier molecular flexibility index (Phi) is 5.25. The second kappa shape index (κ2) is 6.01. The summed E-state index contributed by atoms with van der Waals surface area (Å²) in [6, 6.07) is 5.75. The van der Waals surface area contributed by atoms with Crippen LogP contribution in [0.1, 0.15) is 19.4 Å². The molecule has 1 rings (SSSR count). The Hall–Kier alpha value is -0.0900. The third-order valence-electron chi connectivity index (χ3n) is 2.36. The number of hydrogen-bond acceptors (Lipinski definition) is 2. The molecule has 0 fully saturated rings. The Balaban J connectivity index is 2.49. The average molecular weight is 307 g/mol. The van der Waals surface area contributed by atoms with Crippen LogP contribution in [-0.4, -0.2) is 18.3 Å². The summed E-state index contributed by atoms with van der Waals surface area (Å²) in [6.07, 6.45) is 0. The van der Waals surface area contributed by atoms with E-state index >= 15 is 0 Å². The molecule has 0 saturated heterocycles. The highest BCUT2D eigenvalue weighted by molar-refractivity contribution is 9.10. The second-order valence-electron chi connectivity index (χ2n) is 4.66. The van der Waals surface area contributed by atoms with Crippen LogP contribution in [0, 0.1) is 5.41 Å². The van der Waals surface area contributed by atoms with Crippen molar-refractivity contribution >= 4 is 27.5 Å². The molecule has 0 radical (unpaired) electrons. The number of hydrogen-bond donors (Lipinski definition) is 2. The first-order valence-corrected chi connectivity index (χ1v) is 6.37. The largest absolute Gasteiger partial charge is 0.396 e. The molecule has 0 saturated carbocycles. The van der Waals surface area contributed by atoms with E-state index in [0.29, 0.717) is 0 Å². The molecule has 0 aliphatic heterocycles. The zero-order valence-electron chi connectivity index (χ0n) is 9.56. The molecule has 0 aliphatic rings. The maximum Gasteiger partial charge on any atom is 0.0494 e. The van der Waals surface area contributed by atoms with Crippen molar-refractivity contribution in [2.45, 2.75) is 20.4 Å². The number of benzene rings is 1. The first-order valence-electron chi connectivity index (χ1n) is 5.20. The molecule has 4 heteroatoms. The smallest absolute Gasteiger partial charge is 0.0494 e. The first kappa shape index (κ1) is 14.0. The Morgan fingerprint density at radius 1 is 1.44 bits per heavy atom. The summed E-state index contributed by atoms with van der Waals surface area (Å²) >= 11 is 9.33. The van der Waals surface area contributed by atoms with Crippen LogP contribution in [0.3, 0.4) is 0 Å². The lowest BCUT2D eigenvalue weighted by Gasteiger charge is -2.22. The van der Waals surface area contributed by atoms with E-state index in [0.717, 1.165) is 28.1 Å². The number of nitrogens with one attached hydrogen (secondary N) is 1. The lowest BCUT2D eigenvalue weighted by atomic mass is 9.95. The van der Waals surface area contributed by atoms with Crippen LogP contribution in [0.2, 0.25) is 5.02 Å². The molecular weight excluding hydrogens is 289 g/mol. The van der Waals surface area contributed by atoms with Gasteiger partial charge in [-0.2, -0.15) is 0 Å². The van der Waals surface area contributed by atoms with Crippen molar-refractivity contribution in [2.75, 3.05) is 13.2 Å². The SMILES string of the molecule is CC(C)(CO)CNCc1ccc(Cl)cc1Br. The van der Waals surface area contributed by atoms with Gasteiger partial charge in [-0.25, -0.2) is 0 Å². The molecule has 0 aromatic heterocycles. The molecule has 0 aliphatic carbocycles. The van der Waals surface area contributed by atoms with Crippen molar-refractivity contribution < 1.29 is 5.11 Å². The summed E-state index contributed by atoms with van der Waals surface area (Å²) in [5, 5.41) is 13.2. The zero-order chi connectivity index (χ0) is 12.2. The Bertz CT molecular complexity index is 355. The minimum absolute atomic E-state index is 0.0844. The molecule has 2 N–H and O–H groups in total. The fourth-order valence-corrected chi connectivity index (χ4v) is 2.08. The van der Waals surface area contributed by atoms with E-state index in [2.05, 4.69) is 21.2 Å². The summed E-state index contributed by atoms with van der Waals surface area (Å²) in [5.41, 5.74) is 1.08. The van der Waals surface area contributed by atoms with Crippen molar-refractivity contribution in [3.05, 3.63) is 33.3 Å². The normalized spacial score (nSPS) is 11.8. The number of aliphatic hydroxyl groups excluding tert-OH is 1. The van der Waals surface area contributed by atoms with Crippen molar-refractivity contribution in [1.29, 1.82) is 0 Å². The topological polar surface area (TPSA) is 32.3 Å². The van der Waals surface area contributed by atoms with Gasteiger partial charge in [0, 0.05) is 34.6 Å². The molecule has 0 unspecified atom stereocenters. The summed E-state index contributed by atoms with van der Waals surface area (Å²) < 4.78 is 1.01. The van der Waals surface area contributed by atoms with Crippen molar-refractivity contribution in [3.8, 4) is 0 Å². The number of halogens is 2. The van der Waals surface area contributed by atoms with E-state index in [1.807, 2.05) is 32.0 Å². The molecule has 0 atom stereocenters. The quantitative estimate of drug-likeness (QED) is 0.875. The van der Waals surface area contributed by atoms with E-state index in [1.54, 1.807) is 0 Å². The van der Waals surface area contributed by atoms with Crippen LogP contribution >= 0.6 is 27.5 Å². The van der Waals surface area contributed by atoms with Gasteiger partial charge in [-0.15, -0.1) is 0 Å². The third-order valence-corrected chi connectivity index (χ3v) is 3.34. The van der Waals surface area contributed by atoms with Crippen LogP contribution in [0.15, 0.2) is 22.7 Å². The molecule has 2 nitrogen and oxygen atoms in total. The highest BCUT2D eigenvalue weighted by Crippen LogP contribution is 2.21. The molecule has 0 bridgehead atoms. The summed E-state index contributed by atoms with van der Waals surface area (Å²) in [6.45, 7) is 5.77. The van der Waals surface area contributed by atoms with E-state index in [1.165, 1.54) is 0 Å². The van der Waals surface area contributed by atoms with Gasteiger partial charge in [-0.3, -0.25) is 0 Å². The number of rotatable bonds is 5. The van der Waals surface area contributed by atoms with Gasteiger partial charge in [0.15, 0.2) is 0 Å².